The molecule has 0 aliphatic carbocycles. The van der Waals surface area contributed by atoms with Crippen molar-refractivity contribution in [3.05, 3.63) is 63.6 Å². The zero-order chi connectivity index (χ0) is 24.9. The topological polar surface area (TPSA) is 104 Å². The zero-order valence-electron chi connectivity index (χ0n) is 20.1. The fraction of sp³-hybridized carbons (Fsp3) is 0.360. The van der Waals surface area contributed by atoms with Crippen molar-refractivity contribution in [1.29, 1.82) is 0 Å². The van der Waals surface area contributed by atoms with Crippen molar-refractivity contribution in [2.24, 2.45) is 0 Å². The highest BCUT2D eigenvalue weighted by molar-refractivity contribution is 9.10. The molecule has 0 unspecified atom stereocenters. The first-order valence-corrected chi connectivity index (χ1v) is 12.5. The van der Waals surface area contributed by atoms with E-state index in [1.807, 2.05) is 32.0 Å². The Kier molecular flexibility index (Phi) is 7.70. The van der Waals surface area contributed by atoms with Gasteiger partial charge in [-0.25, -0.2) is 4.98 Å². The summed E-state index contributed by atoms with van der Waals surface area (Å²) in [6.07, 6.45) is 5.29. The SMILES string of the molecule is CC(=O)NC1CCN(c2ccc(Nc3ncc(Br)c(Nc4cccn(C(C)C)c4=O)n3)cc2)CC1. The summed E-state index contributed by atoms with van der Waals surface area (Å²) < 4.78 is 2.32. The molecular formula is C25H30BrN7O2. The lowest BCUT2D eigenvalue weighted by Gasteiger charge is -2.33. The maximum absolute atomic E-state index is 12.7. The van der Waals surface area contributed by atoms with E-state index in [1.165, 1.54) is 0 Å². The Bertz CT molecular complexity index is 1240. The third kappa shape index (κ3) is 6.19. The molecule has 0 bridgehead atoms. The molecule has 3 N–H and O–H groups in total. The van der Waals surface area contributed by atoms with Gasteiger partial charge < -0.3 is 25.4 Å². The molecule has 1 amide bonds. The van der Waals surface area contributed by atoms with Crippen molar-refractivity contribution in [3.8, 4) is 0 Å². The lowest BCUT2D eigenvalue weighted by molar-refractivity contribution is -0.119. The predicted molar refractivity (Wildman–Crippen MR) is 143 cm³/mol. The van der Waals surface area contributed by atoms with Crippen molar-refractivity contribution in [2.45, 2.75) is 45.7 Å². The molecule has 0 spiro atoms. The summed E-state index contributed by atoms with van der Waals surface area (Å²) in [6.45, 7) is 7.30. The standard InChI is InChI=1S/C25H30BrN7O2/c1-16(2)33-12-4-5-22(24(33)35)30-23-21(26)15-27-25(31-23)29-18-6-8-20(9-7-18)32-13-10-19(11-14-32)28-17(3)34/h4-9,12,15-16,19H,10-11,13-14H2,1-3H3,(H,28,34)(H2,27,29,30,31). The van der Waals surface area contributed by atoms with Crippen molar-refractivity contribution in [2.75, 3.05) is 28.6 Å². The molecule has 10 heteroatoms. The second-order valence-corrected chi connectivity index (χ2v) is 9.73. The number of hydrogen-bond acceptors (Lipinski definition) is 7. The number of carbonyl (C=O) groups is 1. The van der Waals surface area contributed by atoms with Crippen molar-refractivity contribution >= 4 is 50.7 Å². The van der Waals surface area contributed by atoms with E-state index in [2.05, 4.69) is 58.9 Å². The highest BCUT2D eigenvalue weighted by atomic mass is 79.9. The van der Waals surface area contributed by atoms with Crippen molar-refractivity contribution in [3.63, 3.8) is 0 Å². The number of carbonyl (C=O) groups excluding carboxylic acids is 1. The van der Waals surface area contributed by atoms with Crippen LogP contribution in [-0.2, 0) is 4.79 Å². The number of benzene rings is 1. The largest absolute Gasteiger partial charge is 0.371 e. The van der Waals surface area contributed by atoms with Crippen LogP contribution in [0.3, 0.4) is 0 Å². The Balaban J connectivity index is 1.42. The average Bonchev–Trinajstić information content (AvgIpc) is 2.83. The zero-order valence-corrected chi connectivity index (χ0v) is 21.7. The van der Waals surface area contributed by atoms with Crippen LogP contribution in [0, 0.1) is 0 Å². The summed E-state index contributed by atoms with van der Waals surface area (Å²) in [7, 11) is 0. The minimum atomic E-state index is -0.112. The number of piperidine rings is 1. The Labute approximate surface area is 213 Å². The lowest BCUT2D eigenvalue weighted by Crippen LogP contribution is -2.44. The summed E-state index contributed by atoms with van der Waals surface area (Å²) in [5.41, 5.74) is 2.33. The minimum absolute atomic E-state index is 0.0313. The molecule has 0 radical (unpaired) electrons. The highest BCUT2D eigenvalue weighted by Gasteiger charge is 2.20. The fourth-order valence-corrected chi connectivity index (χ4v) is 4.40. The summed E-state index contributed by atoms with van der Waals surface area (Å²) in [4.78, 5) is 35.2. The van der Waals surface area contributed by atoms with Gasteiger partial charge in [0.05, 0.1) is 4.47 Å². The third-order valence-corrected chi connectivity index (χ3v) is 6.50. The van der Waals surface area contributed by atoms with Crippen LogP contribution in [-0.4, -0.2) is 39.6 Å². The van der Waals surface area contributed by atoms with Gasteiger partial charge in [0.15, 0.2) is 5.82 Å². The van der Waals surface area contributed by atoms with Crippen LogP contribution in [0.4, 0.5) is 28.8 Å². The molecule has 35 heavy (non-hydrogen) atoms. The number of rotatable bonds is 7. The number of amides is 1. The normalized spacial score (nSPS) is 14.1. The third-order valence-electron chi connectivity index (χ3n) is 5.92. The van der Waals surface area contributed by atoms with Gasteiger partial charge in [0, 0.05) is 55.9 Å². The number of pyridine rings is 1. The van der Waals surface area contributed by atoms with Crippen LogP contribution < -0.4 is 26.4 Å². The van der Waals surface area contributed by atoms with E-state index in [9.17, 15) is 9.59 Å². The van der Waals surface area contributed by atoms with Gasteiger partial charge >= 0.3 is 0 Å². The van der Waals surface area contributed by atoms with E-state index >= 15 is 0 Å². The summed E-state index contributed by atoms with van der Waals surface area (Å²) >= 11 is 3.46. The first kappa shape index (κ1) is 24.7. The second kappa shape index (κ2) is 10.9. The molecule has 0 saturated carbocycles. The fourth-order valence-electron chi connectivity index (χ4n) is 4.11. The molecule has 0 atom stereocenters. The summed E-state index contributed by atoms with van der Waals surface area (Å²) in [5, 5.41) is 9.36. The van der Waals surface area contributed by atoms with Gasteiger partial charge in [0.1, 0.15) is 5.69 Å². The van der Waals surface area contributed by atoms with Crippen LogP contribution in [0.25, 0.3) is 0 Å². The van der Waals surface area contributed by atoms with Gasteiger partial charge in [-0.2, -0.15) is 4.98 Å². The van der Waals surface area contributed by atoms with Gasteiger partial charge in [-0.15, -0.1) is 0 Å². The Morgan fingerprint density at radius 1 is 1.11 bits per heavy atom. The Morgan fingerprint density at radius 2 is 1.83 bits per heavy atom. The van der Waals surface area contributed by atoms with Gasteiger partial charge in [-0.1, -0.05) is 0 Å². The van der Waals surface area contributed by atoms with E-state index in [0.29, 0.717) is 21.9 Å². The first-order valence-electron chi connectivity index (χ1n) is 11.7. The van der Waals surface area contributed by atoms with Crippen molar-refractivity contribution < 1.29 is 4.79 Å². The molecule has 1 fully saturated rings. The number of aromatic nitrogens is 3. The van der Waals surface area contributed by atoms with Gasteiger partial charge in [-0.3, -0.25) is 9.59 Å². The second-order valence-electron chi connectivity index (χ2n) is 8.88. The minimum Gasteiger partial charge on any atom is -0.371 e. The van der Waals surface area contributed by atoms with Crippen LogP contribution in [0.2, 0.25) is 0 Å². The first-order chi connectivity index (χ1) is 16.8. The molecule has 9 nitrogen and oxygen atoms in total. The molecule has 2 aromatic heterocycles. The maximum Gasteiger partial charge on any atom is 0.274 e. The monoisotopic (exact) mass is 539 g/mol. The number of nitrogens with zero attached hydrogens (tertiary/aromatic N) is 4. The molecular weight excluding hydrogens is 510 g/mol. The van der Waals surface area contributed by atoms with Crippen LogP contribution in [0.5, 0.6) is 0 Å². The van der Waals surface area contributed by atoms with Gasteiger partial charge in [0.25, 0.3) is 5.56 Å². The molecule has 1 saturated heterocycles. The maximum atomic E-state index is 12.7. The van der Waals surface area contributed by atoms with Crippen LogP contribution in [0.1, 0.15) is 39.7 Å². The highest BCUT2D eigenvalue weighted by Crippen LogP contribution is 2.26. The van der Waals surface area contributed by atoms with Crippen LogP contribution in [0.15, 0.2) is 58.1 Å². The van der Waals surface area contributed by atoms with Crippen molar-refractivity contribution in [1.82, 2.24) is 19.9 Å². The number of halogens is 1. The van der Waals surface area contributed by atoms with E-state index < -0.39 is 0 Å². The number of nitrogens with one attached hydrogen (secondary N) is 3. The van der Waals surface area contributed by atoms with Gasteiger partial charge in [0.2, 0.25) is 11.9 Å². The summed E-state index contributed by atoms with van der Waals surface area (Å²) in [5.74, 6) is 0.947. The van der Waals surface area contributed by atoms with Crippen LogP contribution >= 0.6 is 15.9 Å². The Hall–Kier alpha value is -3.40. The van der Waals surface area contributed by atoms with E-state index in [0.717, 1.165) is 37.3 Å². The average molecular weight is 540 g/mol. The molecule has 1 aliphatic rings. The molecule has 1 aromatic carbocycles. The van der Waals surface area contributed by atoms with E-state index in [4.69, 9.17) is 0 Å². The number of hydrogen-bond donors (Lipinski definition) is 3. The predicted octanol–water partition coefficient (Wildman–Crippen LogP) is 4.57. The van der Waals surface area contributed by atoms with E-state index in [1.54, 1.807) is 30.0 Å². The summed E-state index contributed by atoms with van der Waals surface area (Å²) in [6, 6.07) is 12.0. The lowest BCUT2D eigenvalue weighted by atomic mass is 10.0. The molecule has 3 aromatic rings. The Morgan fingerprint density at radius 3 is 2.49 bits per heavy atom. The quantitative estimate of drug-likeness (QED) is 0.403. The molecule has 3 heterocycles. The molecule has 184 valence electrons. The van der Waals surface area contributed by atoms with E-state index in [-0.39, 0.29) is 23.6 Å². The molecule has 4 rings (SSSR count). The smallest absolute Gasteiger partial charge is 0.274 e. The number of anilines is 5. The van der Waals surface area contributed by atoms with Gasteiger partial charge in [-0.05, 0) is 79.0 Å². The molecule has 1 aliphatic heterocycles.